The molecule has 0 aliphatic rings. The molecule has 0 atom stereocenters. The first-order chi connectivity index (χ1) is 11.2. The molecular formula is C15H18N6O3. The van der Waals surface area contributed by atoms with E-state index in [-0.39, 0.29) is 28.7 Å². The summed E-state index contributed by atoms with van der Waals surface area (Å²) in [4.78, 5) is 14.8. The van der Waals surface area contributed by atoms with Crippen molar-refractivity contribution in [3.05, 3.63) is 28.2 Å². The number of aromatic amines is 1. The number of methoxy groups -OCH3 is 1. The van der Waals surface area contributed by atoms with E-state index in [2.05, 4.69) is 20.3 Å². The number of rotatable bonds is 2. The smallest absolute Gasteiger partial charge is 0.274 e. The number of benzene rings is 1. The minimum absolute atomic E-state index is 0.133. The summed E-state index contributed by atoms with van der Waals surface area (Å²) in [6, 6.07) is 3.04. The number of nitrogens with two attached hydrogens (primary N) is 1. The van der Waals surface area contributed by atoms with E-state index < -0.39 is 5.41 Å². The maximum Gasteiger partial charge on any atom is 0.274 e. The lowest BCUT2D eigenvalue weighted by Gasteiger charge is -2.16. The number of nitrogens with zero attached hydrogens (tertiary/aromatic N) is 4. The van der Waals surface area contributed by atoms with Crippen LogP contribution in [0.15, 0.2) is 16.9 Å². The first-order valence-corrected chi connectivity index (χ1v) is 7.25. The molecule has 0 amide bonds. The number of hydrogen-bond acceptors (Lipinski definition) is 7. The van der Waals surface area contributed by atoms with Crippen LogP contribution in [0.1, 0.15) is 26.5 Å². The van der Waals surface area contributed by atoms with E-state index in [4.69, 9.17) is 10.5 Å². The lowest BCUT2D eigenvalue weighted by Crippen LogP contribution is -2.28. The molecule has 0 saturated carbocycles. The second kappa shape index (κ2) is 5.22. The molecule has 9 heteroatoms. The van der Waals surface area contributed by atoms with E-state index in [9.17, 15) is 9.90 Å². The minimum atomic E-state index is -0.473. The predicted octanol–water partition coefficient (Wildman–Crippen LogP) is 1.07. The first kappa shape index (κ1) is 15.8. The topological polar surface area (TPSA) is 131 Å². The van der Waals surface area contributed by atoms with E-state index in [1.165, 1.54) is 23.8 Å². The number of aromatic nitrogens is 5. The lowest BCUT2D eigenvalue weighted by molar-refractivity contribution is 0.374. The highest BCUT2D eigenvalue weighted by Gasteiger charge is 2.24. The zero-order valence-electron chi connectivity index (χ0n) is 13.8. The fourth-order valence-corrected chi connectivity index (χ4v) is 2.37. The van der Waals surface area contributed by atoms with Crippen LogP contribution in [-0.4, -0.2) is 37.0 Å². The molecule has 3 rings (SSSR count). The molecule has 0 unspecified atom stereocenters. The third-order valence-electron chi connectivity index (χ3n) is 3.55. The Morgan fingerprint density at radius 1 is 1.29 bits per heavy atom. The Labute approximate surface area is 137 Å². The van der Waals surface area contributed by atoms with Crippen LogP contribution in [0.4, 0.5) is 5.69 Å². The van der Waals surface area contributed by atoms with Crippen LogP contribution in [0.25, 0.3) is 17.2 Å². The molecule has 126 valence electrons. The van der Waals surface area contributed by atoms with Gasteiger partial charge < -0.3 is 15.6 Å². The SMILES string of the molecule is COc1cc(N)cc(-c2nnc3[nH]c(=O)c(C(C)(C)C)nn23)c1O. The van der Waals surface area contributed by atoms with Crippen molar-refractivity contribution in [1.29, 1.82) is 0 Å². The molecule has 0 aliphatic carbocycles. The molecule has 0 bridgehead atoms. The number of nitrogens with one attached hydrogen (secondary N) is 1. The van der Waals surface area contributed by atoms with Crippen LogP contribution in [0.5, 0.6) is 11.5 Å². The fraction of sp³-hybridized carbons (Fsp3) is 0.333. The molecule has 0 radical (unpaired) electrons. The highest BCUT2D eigenvalue weighted by atomic mass is 16.5. The summed E-state index contributed by atoms with van der Waals surface area (Å²) in [5.74, 6) is 0.493. The Hall–Kier alpha value is -3.10. The number of ether oxygens (including phenoxy) is 1. The monoisotopic (exact) mass is 330 g/mol. The average molecular weight is 330 g/mol. The third kappa shape index (κ3) is 2.43. The van der Waals surface area contributed by atoms with Crippen molar-refractivity contribution in [3.8, 4) is 22.9 Å². The number of nitrogen functional groups attached to an aromatic ring is 1. The normalized spacial score (nSPS) is 11.8. The number of anilines is 1. The van der Waals surface area contributed by atoms with Crippen LogP contribution in [0, 0.1) is 0 Å². The van der Waals surface area contributed by atoms with Crippen molar-refractivity contribution in [2.75, 3.05) is 12.8 Å². The van der Waals surface area contributed by atoms with Crippen LogP contribution >= 0.6 is 0 Å². The summed E-state index contributed by atoms with van der Waals surface area (Å²) < 4.78 is 6.48. The van der Waals surface area contributed by atoms with Gasteiger partial charge in [0.25, 0.3) is 11.3 Å². The number of H-pyrrole nitrogens is 1. The van der Waals surface area contributed by atoms with Gasteiger partial charge in [0, 0.05) is 17.2 Å². The van der Waals surface area contributed by atoms with Gasteiger partial charge in [-0.15, -0.1) is 10.2 Å². The molecule has 0 spiro atoms. The van der Waals surface area contributed by atoms with Crippen LogP contribution < -0.4 is 16.0 Å². The van der Waals surface area contributed by atoms with E-state index in [1.54, 1.807) is 0 Å². The van der Waals surface area contributed by atoms with Gasteiger partial charge in [-0.2, -0.15) is 9.61 Å². The molecule has 3 aromatic rings. The number of hydrogen-bond donors (Lipinski definition) is 3. The molecule has 2 heterocycles. The van der Waals surface area contributed by atoms with Crippen molar-refractivity contribution in [3.63, 3.8) is 0 Å². The van der Waals surface area contributed by atoms with Gasteiger partial charge >= 0.3 is 0 Å². The van der Waals surface area contributed by atoms with Crippen molar-refractivity contribution in [2.45, 2.75) is 26.2 Å². The maximum absolute atomic E-state index is 12.2. The summed E-state index contributed by atoms with van der Waals surface area (Å²) in [5.41, 5.74) is 6.06. The second-order valence-corrected chi connectivity index (χ2v) is 6.43. The predicted molar refractivity (Wildman–Crippen MR) is 88.2 cm³/mol. The largest absolute Gasteiger partial charge is 0.504 e. The summed E-state index contributed by atoms with van der Waals surface area (Å²) in [6.07, 6.45) is 0. The van der Waals surface area contributed by atoms with Gasteiger partial charge in [-0.1, -0.05) is 20.8 Å². The van der Waals surface area contributed by atoms with Crippen molar-refractivity contribution in [1.82, 2.24) is 24.8 Å². The van der Waals surface area contributed by atoms with Gasteiger partial charge in [-0.3, -0.25) is 9.78 Å². The van der Waals surface area contributed by atoms with Crippen molar-refractivity contribution in [2.24, 2.45) is 0 Å². The summed E-state index contributed by atoms with van der Waals surface area (Å²) in [6.45, 7) is 5.63. The Morgan fingerprint density at radius 2 is 2.00 bits per heavy atom. The number of phenols is 1. The number of aromatic hydroxyl groups is 1. The van der Waals surface area contributed by atoms with E-state index in [0.29, 0.717) is 16.9 Å². The Balaban J connectivity index is 2.33. The molecule has 0 saturated heterocycles. The molecule has 4 N–H and O–H groups in total. The van der Waals surface area contributed by atoms with Crippen molar-refractivity contribution >= 4 is 11.5 Å². The van der Waals surface area contributed by atoms with Crippen LogP contribution in [-0.2, 0) is 5.41 Å². The van der Waals surface area contributed by atoms with E-state index >= 15 is 0 Å². The maximum atomic E-state index is 12.2. The zero-order valence-corrected chi connectivity index (χ0v) is 13.8. The average Bonchev–Trinajstić information content (AvgIpc) is 2.89. The first-order valence-electron chi connectivity index (χ1n) is 7.25. The standard InChI is InChI=1S/C15H18N6O3/c1-15(2,3)11-13(23)17-14-19-18-12(21(14)20-11)8-5-7(16)6-9(24-4)10(8)22/h5-6,22H,16H2,1-4H3,(H,17,19,23). The summed E-state index contributed by atoms with van der Waals surface area (Å²) in [5, 5.41) is 22.7. The summed E-state index contributed by atoms with van der Waals surface area (Å²) >= 11 is 0. The van der Waals surface area contributed by atoms with E-state index in [1.807, 2.05) is 20.8 Å². The Bertz CT molecular complexity index is 983. The molecule has 2 aromatic heterocycles. The molecule has 24 heavy (non-hydrogen) atoms. The van der Waals surface area contributed by atoms with E-state index in [0.717, 1.165) is 0 Å². The molecule has 1 aromatic carbocycles. The highest BCUT2D eigenvalue weighted by molar-refractivity contribution is 5.74. The fourth-order valence-electron chi connectivity index (χ4n) is 2.37. The van der Waals surface area contributed by atoms with Crippen LogP contribution in [0.3, 0.4) is 0 Å². The molecule has 9 nitrogen and oxygen atoms in total. The van der Waals surface area contributed by atoms with Gasteiger partial charge in [0.15, 0.2) is 17.3 Å². The molecular weight excluding hydrogens is 312 g/mol. The van der Waals surface area contributed by atoms with Crippen molar-refractivity contribution < 1.29 is 9.84 Å². The lowest BCUT2D eigenvalue weighted by atomic mass is 9.93. The second-order valence-electron chi connectivity index (χ2n) is 6.43. The molecule has 0 aliphatic heterocycles. The number of phenolic OH excluding ortho intramolecular Hbond substituents is 1. The Morgan fingerprint density at radius 3 is 2.62 bits per heavy atom. The van der Waals surface area contributed by atoms with Gasteiger partial charge in [0.05, 0.1) is 12.7 Å². The third-order valence-corrected chi connectivity index (χ3v) is 3.55. The Kier molecular flexibility index (Phi) is 3.43. The quantitative estimate of drug-likeness (QED) is 0.473. The van der Waals surface area contributed by atoms with Gasteiger partial charge in [-0.25, -0.2) is 0 Å². The highest BCUT2D eigenvalue weighted by Crippen LogP contribution is 2.38. The van der Waals surface area contributed by atoms with Gasteiger partial charge in [0.2, 0.25) is 0 Å². The van der Waals surface area contributed by atoms with Gasteiger partial charge in [0.1, 0.15) is 5.69 Å². The number of fused-ring (bicyclic) bond motifs is 1. The molecule has 0 fully saturated rings. The van der Waals surface area contributed by atoms with Crippen LogP contribution in [0.2, 0.25) is 0 Å². The zero-order chi connectivity index (χ0) is 17.6. The minimum Gasteiger partial charge on any atom is -0.504 e. The van der Waals surface area contributed by atoms with Gasteiger partial charge in [-0.05, 0) is 6.07 Å². The summed E-state index contributed by atoms with van der Waals surface area (Å²) in [7, 11) is 1.42.